The van der Waals surface area contributed by atoms with E-state index < -0.39 is 15.7 Å². The van der Waals surface area contributed by atoms with Gasteiger partial charge in [0, 0.05) is 0 Å². The SMILES string of the molecule is O=C(Nc1ccccc1Oc1ccccc1Cl)c1ccc(CS(=O)(=O)c2ccccc2)o1. The molecule has 8 heteroatoms. The Labute approximate surface area is 190 Å². The van der Waals surface area contributed by atoms with Gasteiger partial charge < -0.3 is 14.5 Å². The molecular formula is C24H18ClNO5S. The Morgan fingerprint density at radius 2 is 1.50 bits per heavy atom. The zero-order valence-corrected chi connectivity index (χ0v) is 18.3. The molecule has 162 valence electrons. The molecule has 3 aromatic carbocycles. The van der Waals surface area contributed by atoms with Gasteiger partial charge in [-0.2, -0.15) is 0 Å². The van der Waals surface area contributed by atoms with Gasteiger partial charge in [-0.1, -0.05) is 54.1 Å². The van der Waals surface area contributed by atoms with Crippen molar-refractivity contribution in [1.29, 1.82) is 0 Å². The lowest BCUT2D eigenvalue weighted by Gasteiger charge is -2.12. The van der Waals surface area contributed by atoms with E-state index >= 15 is 0 Å². The highest BCUT2D eigenvalue weighted by atomic mass is 35.5. The van der Waals surface area contributed by atoms with Crippen molar-refractivity contribution in [2.24, 2.45) is 0 Å². The van der Waals surface area contributed by atoms with E-state index in [1.165, 1.54) is 24.3 Å². The van der Waals surface area contributed by atoms with E-state index in [4.69, 9.17) is 20.8 Å². The quantitative estimate of drug-likeness (QED) is 0.363. The molecule has 0 spiro atoms. The van der Waals surface area contributed by atoms with Crippen molar-refractivity contribution < 1.29 is 22.4 Å². The van der Waals surface area contributed by atoms with Gasteiger partial charge in [-0.05, 0) is 48.5 Å². The van der Waals surface area contributed by atoms with Crippen LogP contribution in [0.4, 0.5) is 5.69 Å². The van der Waals surface area contributed by atoms with Gasteiger partial charge in [0.25, 0.3) is 5.91 Å². The Morgan fingerprint density at radius 1 is 0.844 bits per heavy atom. The van der Waals surface area contributed by atoms with Crippen LogP contribution >= 0.6 is 11.6 Å². The maximum Gasteiger partial charge on any atom is 0.291 e. The number of sulfone groups is 1. The number of para-hydroxylation sites is 3. The Kier molecular flexibility index (Phi) is 6.30. The van der Waals surface area contributed by atoms with E-state index in [9.17, 15) is 13.2 Å². The zero-order chi connectivity index (χ0) is 22.6. The lowest BCUT2D eigenvalue weighted by Crippen LogP contribution is -2.11. The topological polar surface area (TPSA) is 85.6 Å². The summed E-state index contributed by atoms with van der Waals surface area (Å²) in [5.74, 6) is 0.102. The molecule has 1 amide bonds. The van der Waals surface area contributed by atoms with Crippen LogP contribution in [0.15, 0.2) is 100 Å². The van der Waals surface area contributed by atoms with Crippen molar-refractivity contribution >= 4 is 33.0 Å². The molecule has 0 unspecified atom stereocenters. The van der Waals surface area contributed by atoms with Crippen LogP contribution in [-0.4, -0.2) is 14.3 Å². The first-order valence-electron chi connectivity index (χ1n) is 9.62. The summed E-state index contributed by atoms with van der Waals surface area (Å²) in [4.78, 5) is 12.9. The highest BCUT2D eigenvalue weighted by molar-refractivity contribution is 7.90. The van der Waals surface area contributed by atoms with Crippen molar-refractivity contribution in [3.8, 4) is 11.5 Å². The van der Waals surface area contributed by atoms with Crippen LogP contribution in [0.1, 0.15) is 16.3 Å². The Morgan fingerprint density at radius 3 is 2.25 bits per heavy atom. The van der Waals surface area contributed by atoms with Crippen LogP contribution in [0, 0.1) is 0 Å². The van der Waals surface area contributed by atoms with Crippen molar-refractivity contribution in [2.75, 3.05) is 5.32 Å². The maximum atomic E-state index is 12.7. The molecule has 0 aliphatic rings. The molecule has 0 fully saturated rings. The molecule has 0 saturated heterocycles. The molecule has 1 aromatic heterocycles. The standard InChI is InChI=1S/C24H18ClNO5S/c25-19-10-4-6-12-21(19)31-22-13-7-5-11-20(22)26-24(27)23-15-14-17(30-23)16-32(28,29)18-8-2-1-3-9-18/h1-15H,16H2,(H,26,27). The van der Waals surface area contributed by atoms with E-state index in [-0.39, 0.29) is 22.2 Å². The summed E-state index contributed by atoms with van der Waals surface area (Å²) < 4.78 is 36.4. The van der Waals surface area contributed by atoms with E-state index in [1.54, 1.807) is 66.7 Å². The van der Waals surface area contributed by atoms with Crippen LogP contribution < -0.4 is 10.1 Å². The number of carbonyl (C=O) groups is 1. The molecule has 4 aromatic rings. The molecule has 1 N–H and O–H groups in total. The summed E-state index contributed by atoms with van der Waals surface area (Å²) in [6.07, 6.45) is 0. The minimum atomic E-state index is -3.59. The molecule has 32 heavy (non-hydrogen) atoms. The first-order valence-corrected chi connectivity index (χ1v) is 11.6. The third kappa shape index (κ3) is 5.01. The van der Waals surface area contributed by atoms with Gasteiger partial charge in [-0.3, -0.25) is 4.79 Å². The summed E-state index contributed by atoms with van der Waals surface area (Å²) in [5, 5.41) is 3.16. The van der Waals surface area contributed by atoms with Crippen molar-refractivity contribution in [3.63, 3.8) is 0 Å². The second kappa shape index (κ2) is 9.30. The third-order valence-corrected chi connectivity index (χ3v) is 6.48. The molecule has 4 rings (SSSR count). The maximum absolute atomic E-state index is 12.7. The fourth-order valence-electron chi connectivity index (χ4n) is 2.96. The molecule has 0 radical (unpaired) electrons. The summed E-state index contributed by atoms with van der Waals surface area (Å²) >= 11 is 6.15. The molecule has 6 nitrogen and oxygen atoms in total. The molecule has 0 bridgehead atoms. The minimum absolute atomic E-state index is 0.0178. The number of hydrogen-bond acceptors (Lipinski definition) is 5. The Bertz CT molecular complexity index is 1350. The van der Waals surface area contributed by atoms with E-state index in [0.29, 0.717) is 22.2 Å². The monoisotopic (exact) mass is 467 g/mol. The first-order chi connectivity index (χ1) is 15.4. The number of anilines is 1. The number of furan rings is 1. The average molecular weight is 468 g/mol. The smallest absolute Gasteiger partial charge is 0.291 e. The summed E-state index contributed by atoms with van der Waals surface area (Å²) in [6, 6.07) is 24.8. The van der Waals surface area contributed by atoms with Gasteiger partial charge in [0.2, 0.25) is 0 Å². The number of hydrogen-bond donors (Lipinski definition) is 1. The van der Waals surface area contributed by atoms with Crippen LogP contribution in [0.5, 0.6) is 11.5 Å². The molecule has 1 heterocycles. The number of halogens is 1. The number of nitrogens with one attached hydrogen (secondary N) is 1. The van der Waals surface area contributed by atoms with Crippen molar-refractivity contribution in [1.82, 2.24) is 0 Å². The highest BCUT2D eigenvalue weighted by Crippen LogP contribution is 2.33. The number of carbonyl (C=O) groups excluding carboxylic acids is 1. The van der Waals surface area contributed by atoms with Crippen LogP contribution in [0.2, 0.25) is 5.02 Å². The second-order valence-electron chi connectivity index (χ2n) is 6.82. The van der Waals surface area contributed by atoms with E-state index in [1.807, 2.05) is 0 Å². The molecule has 0 atom stereocenters. The van der Waals surface area contributed by atoms with E-state index in [0.717, 1.165) is 0 Å². The van der Waals surface area contributed by atoms with Crippen molar-refractivity contribution in [2.45, 2.75) is 10.6 Å². The number of amides is 1. The van der Waals surface area contributed by atoms with E-state index in [2.05, 4.69) is 5.32 Å². The van der Waals surface area contributed by atoms with Crippen molar-refractivity contribution in [3.05, 3.63) is 108 Å². The van der Waals surface area contributed by atoms with Gasteiger partial charge in [-0.15, -0.1) is 0 Å². The average Bonchev–Trinajstić information content (AvgIpc) is 3.25. The first kappa shape index (κ1) is 21.7. The van der Waals surface area contributed by atoms with Crippen LogP contribution in [0.3, 0.4) is 0 Å². The molecular weight excluding hydrogens is 450 g/mol. The summed E-state index contributed by atoms with van der Waals surface area (Å²) in [7, 11) is -3.59. The predicted molar refractivity (Wildman–Crippen MR) is 122 cm³/mol. The Hall–Kier alpha value is -3.55. The highest BCUT2D eigenvalue weighted by Gasteiger charge is 2.20. The number of rotatable bonds is 7. The fourth-order valence-corrected chi connectivity index (χ4v) is 4.41. The third-order valence-electron chi connectivity index (χ3n) is 4.51. The molecule has 0 aliphatic carbocycles. The molecule has 0 saturated carbocycles. The van der Waals surface area contributed by atoms with Gasteiger partial charge in [0.1, 0.15) is 17.3 Å². The lowest BCUT2D eigenvalue weighted by molar-refractivity contribution is 0.0995. The number of ether oxygens (including phenoxy) is 1. The van der Waals surface area contributed by atoms with Gasteiger partial charge >= 0.3 is 0 Å². The largest absolute Gasteiger partial charge is 0.455 e. The van der Waals surface area contributed by atoms with Gasteiger partial charge in [0.15, 0.2) is 21.3 Å². The lowest BCUT2D eigenvalue weighted by atomic mass is 10.2. The Balaban J connectivity index is 1.49. The molecule has 0 aliphatic heterocycles. The summed E-state index contributed by atoms with van der Waals surface area (Å²) in [6.45, 7) is 0. The second-order valence-corrected chi connectivity index (χ2v) is 9.22. The fraction of sp³-hybridized carbons (Fsp3) is 0.0417. The minimum Gasteiger partial charge on any atom is -0.455 e. The van der Waals surface area contributed by atoms with Crippen LogP contribution in [0.25, 0.3) is 0 Å². The summed E-state index contributed by atoms with van der Waals surface area (Å²) in [5.41, 5.74) is 0.410. The van der Waals surface area contributed by atoms with Gasteiger partial charge in [-0.25, -0.2) is 8.42 Å². The zero-order valence-electron chi connectivity index (χ0n) is 16.7. The van der Waals surface area contributed by atoms with Crippen LogP contribution in [-0.2, 0) is 15.6 Å². The number of benzene rings is 3. The van der Waals surface area contributed by atoms with Gasteiger partial charge in [0.05, 0.1) is 15.6 Å². The normalized spacial score (nSPS) is 11.2. The predicted octanol–water partition coefficient (Wildman–Crippen LogP) is 5.95.